The molecule has 6 heterocycles. The van der Waals surface area contributed by atoms with Gasteiger partial charge in [-0.3, -0.25) is 19.7 Å². The number of halogens is 6. The van der Waals surface area contributed by atoms with E-state index in [4.69, 9.17) is 0 Å². The Labute approximate surface area is 352 Å². The lowest BCUT2D eigenvalue weighted by molar-refractivity contribution is -0.274. The Morgan fingerprint density at radius 2 is 1.35 bits per heavy atom. The lowest BCUT2D eigenvalue weighted by atomic mass is 10.0. The predicted octanol–water partition coefficient (Wildman–Crippen LogP) is 8.04. The first-order valence-corrected chi connectivity index (χ1v) is 18.7. The van der Waals surface area contributed by atoms with E-state index in [9.17, 15) is 40.7 Å². The zero-order chi connectivity index (χ0) is 45.6. The van der Waals surface area contributed by atoms with E-state index in [0.717, 1.165) is 18.5 Å². The van der Waals surface area contributed by atoms with Gasteiger partial charge >= 0.3 is 12.5 Å². The number of nitrogens with zero attached hydrogens (tertiary/aromatic N) is 9. The molecule has 2 aromatic carbocycles. The fourth-order valence-electron chi connectivity index (χ4n) is 6.03. The SMILES string of the molecule is CC.Cc1cc(C)nc(NC(=O)c2c(C)nn3ccc(-c4ccccc4C(F)(F)F)nc23)n1.O=C(Nc1cnn2ccc(-c3ccccc3OC(F)(F)F)nc12)c1cc(=O)[nH]cn1. The number of nitrogens with one attached hydrogen (secondary N) is 3. The van der Waals surface area contributed by atoms with Gasteiger partial charge in [0.2, 0.25) is 5.95 Å². The van der Waals surface area contributed by atoms with Gasteiger partial charge in [0.15, 0.2) is 11.3 Å². The van der Waals surface area contributed by atoms with Gasteiger partial charge in [0, 0.05) is 41.0 Å². The second kappa shape index (κ2) is 18.3. The summed E-state index contributed by atoms with van der Waals surface area (Å²) in [5.74, 6) is -1.52. The average Bonchev–Trinajstić information content (AvgIpc) is 3.79. The van der Waals surface area contributed by atoms with Crippen molar-refractivity contribution in [1.82, 2.24) is 49.1 Å². The molecule has 0 spiro atoms. The smallest absolute Gasteiger partial charge is 0.405 e. The third-order valence-corrected chi connectivity index (χ3v) is 8.52. The van der Waals surface area contributed by atoms with Crippen LogP contribution in [0.2, 0.25) is 0 Å². The average molecular weight is 873 g/mol. The maximum absolute atomic E-state index is 13.4. The number of hydrogen-bond donors (Lipinski definition) is 3. The molecule has 0 aliphatic rings. The number of ether oxygens (including phenoxy) is 1. The summed E-state index contributed by atoms with van der Waals surface area (Å²) >= 11 is 0. The molecule has 0 radical (unpaired) electrons. The zero-order valence-corrected chi connectivity index (χ0v) is 33.7. The fraction of sp³-hybridized carbons (Fsp3) is 0.171. The van der Waals surface area contributed by atoms with E-state index < -0.39 is 41.2 Å². The number of aromatic nitrogens is 10. The number of carbonyl (C=O) groups is 2. The molecule has 0 aliphatic heterocycles. The van der Waals surface area contributed by atoms with Crippen LogP contribution in [0.1, 0.15) is 57.3 Å². The normalized spacial score (nSPS) is 11.3. The van der Waals surface area contributed by atoms with Crippen molar-refractivity contribution in [2.75, 3.05) is 10.6 Å². The quantitative estimate of drug-likeness (QED) is 0.131. The van der Waals surface area contributed by atoms with Gasteiger partial charge in [-0.05, 0) is 57.2 Å². The maximum atomic E-state index is 13.4. The summed E-state index contributed by atoms with van der Waals surface area (Å²) < 4.78 is 85.2. The molecule has 22 heteroatoms. The second-order valence-corrected chi connectivity index (χ2v) is 12.9. The zero-order valence-electron chi connectivity index (χ0n) is 33.7. The largest absolute Gasteiger partial charge is 0.573 e. The highest BCUT2D eigenvalue weighted by Gasteiger charge is 2.34. The van der Waals surface area contributed by atoms with Gasteiger partial charge in [0.05, 0.1) is 35.2 Å². The van der Waals surface area contributed by atoms with Crippen LogP contribution in [0.25, 0.3) is 33.8 Å². The first-order chi connectivity index (χ1) is 29.9. The molecule has 0 unspecified atom stereocenters. The van der Waals surface area contributed by atoms with Crippen molar-refractivity contribution in [1.29, 1.82) is 0 Å². The van der Waals surface area contributed by atoms with Crippen molar-refractivity contribution >= 4 is 34.7 Å². The van der Waals surface area contributed by atoms with Gasteiger partial charge in [0.25, 0.3) is 17.4 Å². The van der Waals surface area contributed by atoms with Crippen LogP contribution in [0.3, 0.4) is 0 Å². The van der Waals surface area contributed by atoms with Crippen LogP contribution in [0.5, 0.6) is 5.75 Å². The number of amides is 2. The fourth-order valence-corrected chi connectivity index (χ4v) is 6.03. The number of anilines is 2. The molecule has 8 aromatic rings. The van der Waals surface area contributed by atoms with E-state index in [-0.39, 0.29) is 56.7 Å². The number of aryl methyl sites for hydroxylation is 3. The van der Waals surface area contributed by atoms with Crippen LogP contribution in [0, 0.1) is 20.8 Å². The molecule has 2 amide bonds. The van der Waals surface area contributed by atoms with Crippen LogP contribution in [-0.2, 0) is 6.18 Å². The first kappa shape index (κ1) is 44.5. The van der Waals surface area contributed by atoms with Crippen LogP contribution >= 0.6 is 0 Å². The number of aromatic amines is 1. The molecule has 6 aromatic heterocycles. The topological polar surface area (TPSA) is 199 Å². The van der Waals surface area contributed by atoms with E-state index in [1.165, 1.54) is 76.2 Å². The van der Waals surface area contributed by atoms with E-state index >= 15 is 0 Å². The highest BCUT2D eigenvalue weighted by molar-refractivity contribution is 6.08. The van der Waals surface area contributed by atoms with E-state index in [1.54, 1.807) is 32.9 Å². The Kier molecular flexibility index (Phi) is 12.9. The number of rotatable bonds is 7. The molecule has 0 aliphatic carbocycles. The van der Waals surface area contributed by atoms with Gasteiger partial charge in [-0.15, -0.1) is 13.2 Å². The van der Waals surface area contributed by atoms with Crippen molar-refractivity contribution in [3.05, 3.63) is 142 Å². The monoisotopic (exact) mass is 872 g/mol. The van der Waals surface area contributed by atoms with Gasteiger partial charge in [0.1, 0.15) is 22.7 Å². The Morgan fingerprint density at radius 1 is 0.730 bits per heavy atom. The van der Waals surface area contributed by atoms with Crippen molar-refractivity contribution < 1.29 is 40.7 Å². The molecule has 8 rings (SSSR count). The first-order valence-electron chi connectivity index (χ1n) is 18.7. The molecule has 0 saturated heterocycles. The molecule has 63 heavy (non-hydrogen) atoms. The summed E-state index contributed by atoms with van der Waals surface area (Å²) in [6.45, 7) is 9.17. The maximum Gasteiger partial charge on any atom is 0.573 e. The summed E-state index contributed by atoms with van der Waals surface area (Å²) in [7, 11) is 0. The molecule has 324 valence electrons. The van der Waals surface area contributed by atoms with Gasteiger partial charge in [-0.25, -0.2) is 34.0 Å². The molecule has 0 fully saturated rings. The summed E-state index contributed by atoms with van der Waals surface area (Å²) in [6, 6.07) is 16.4. The molecule has 0 atom stereocenters. The standard InChI is InChI=1S/C21H17F3N6O.C18H11F3N6O3.C2H6/c1-11-10-12(2)26-20(25-11)28-19(31)17-13(3)29-30-9-8-16(27-18(17)30)14-6-4-5-7-15(14)21(22,23)24;19-18(20,21)30-14-4-2-1-3-10(14)11-5-6-27-16(25-11)13(8-24-27)26-17(29)12-7-15(28)23-9-22-12;1-2/h4-10H,1-3H3,(H,25,26,28,31);1-9H,(H,26,29)(H,22,23,28);1-2H3. The van der Waals surface area contributed by atoms with Crippen LogP contribution in [-0.4, -0.2) is 67.3 Å². The molecular formula is C41H34F6N12O4. The third-order valence-electron chi connectivity index (χ3n) is 8.52. The Morgan fingerprint density at radius 3 is 2.02 bits per heavy atom. The van der Waals surface area contributed by atoms with E-state index in [0.29, 0.717) is 17.1 Å². The minimum atomic E-state index is -4.86. The van der Waals surface area contributed by atoms with Gasteiger partial charge in [-0.2, -0.15) is 23.4 Å². The van der Waals surface area contributed by atoms with E-state index in [1.807, 2.05) is 13.8 Å². The number of H-pyrrole nitrogens is 1. The van der Waals surface area contributed by atoms with Crippen LogP contribution in [0.4, 0.5) is 38.0 Å². The number of fused-ring (bicyclic) bond motifs is 2. The molecular weight excluding hydrogens is 839 g/mol. The lowest BCUT2D eigenvalue weighted by Gasteiger charge is -2.13. The summed E-state index contributed by atoms with van der Waals surface area (Å²) in [5, 5.41) is 13.4. The lowest BCUT2D eigenvalue weighted by Crippen LogP contribution is -2.18. The van der Waals surface area contributed by atoms with Gasteiger partial charge < -0.3 is 15.0 Å². The molecule has 0 saturated carbocycles. The Hall–Kier alpha value is -8.04. The van der Waals surface area contributed by atoms with Crippen molar-refractivity contribution in [2.24, 2.45) is 0 Å². The summed E-state index contributed by atoms with van der Waals surface area (Å²) in [4.78, 5) is 59.7. The molecule has 3 N–H and O–H groups in total. The summed E-state index contributed by atoms with van der Waals surface area (Å²) in [5.41, 5.74) is 1.20. The highest BCUT2D eigenvalue weighted by atomic mass is 19.4. The Balaban J connectivity index is 0.000000202. The van der Waals surface area contributed by atoms with E-state index in [2.05, 4.69) is 55.5 Å². The Bertz CT molecular complexity index is 3000. The molecule has 16 nitrogen and oxygen atoms in total. The predicted molar refractivity (Wildman–Crippen MR) is 217 cm³/mol. The van der Waals surface area contributed by atoms with Crippen molar-refractivity contribution in [2.45, 2.75) is 47.2 Å². The minimum Gasteiger partial charge on any atom is -0.405 e. The number of para-hydroxylation sites is 1. The van der Waals surface area contributed by atoms with Crippen LogP contribution < -0.4 is 20.9 Å². The van der Waals surface area contributed by atoms with Crippen LogP contribution in [0.15, 0.2) is 103 Å². The minimum absolute atomic E-state index is 0.0806. The van der Waals surface area contributed by atoms with Crippen molar-refractivity contribution in [3.63, 3.8) is 0 Å². The third kappa shape index (κ3) is 10.5. The summed E-state index contributed by atoms with van der Waals surface area (Å²) in [6.07, 6.45) is -4.06. The van der Waals surface area contributed by atoms with Gasteiger partial charge in [-0.1, -0.05) is 44.2 Å². The molecule has 0 bridgehead atoms. The number of carbonyl (C=O) groups excluding carboxylic acids is 2. The number of benzene rings is 2. The second-order valence-electron chi connectivity index (χ2n) is 12.9. The highest BCUT2D eigenvalue weighted by Crippen LogP contribution is 2.37. The number of alkyl halides is 6. The number of hydrogen-bond acceptors (Lipinski definition) is 11. The van der Waals surface area contributed by atoms with Crippen molar-refractivity contribution in [3.8, 4) is 28.3 Å².